The fourth-order valence-electron chi connectivity index (χ4n) is 2.81. The molecule has 0 aliphatic carbocycles. The van der Waals surface area contributed by atoms with Crippen molar-refractivity contribution in [1.29, 1.82) is 0 Å². The molecule has 0 saturated heterocycles. The molecule has 0 bridgehead atoms. The molecule has 0 atom stereocenters. The number of carbonyl (C=O) groups is 1. The molecule has 0 aliphatic heterocycles. The second-order valence-corrected chi connectivity index (χ2v) is 5.93. The third-order valence-corrected chi connectivity index (χ3v) is 4.11. The predicted octanol–water partition coefficient (Wildman–Crippen LogP) is 1.54. The van der Waals surface area contributed by atoms with Crippen molar-refractivity contribution in [1.82, 2.24) is 35.1 Å². The van der Waals surface area contributed by atoms with Crippen LogP contribution in [0.3, 0.4) is 0 Å². The van der Waals surface area contributed by atoms with Crippen LogP contribution in [0.1, 0.15) is 5.56 Å². The molecule has 0 spiro atoms. The Morgan fingerprint density at radius 1 is 1.19 bits per heavy atom. The molecule has 0 fully saturated rings. The first-order chi connectivity index (χ1) is 12.7. The lowest BCUT2D eigenvalue weighted by Crippen LogP contribution is -2.27. The summed E-state index contributed by atoms with van der Waals surface area (Å²) in [7, 11) is 1.88. The van der Waals surface area contributed by atoms with E-state index in [0.29, 0.717) is 6.54 Å². The molecule has 3 aromatic heterocycles. The maximum absolute atomic E-state index is 12.3. The fraction of sp³-hybridized carbons (Fsp3) is 0.167. The maximum Gasteiger partial charge on any atom is 0.242 e. The van der Waals surface area contributed by atoms with Gasteiger partial charge in [0.05, 0.1) is 11.2 Å². The normalized spacial score (nSPS) is 11.0. The van der Waals surface area contributed by atoms with Gasteiger partial charge in [-0.2, -0.15) is 5.10 Å². The fourth-order valence-corrected chi connectivity index (χ4v) is 2.81. The van der Waals surface area contributed by atoms with Gasteiger partial charge in [0.15, 0.2) is 0 Å². The third kappa shape index (κ3) is 3.16. The lowest BCUT2D eigenvalue weighted by atomic mass is 10.1. The molecule has 0 aliphatic rings. The van der Waals surface area contributed by atoms with E-state index in [9.17, 15) is 4.79 Å². The molecule has 1 amide bonds. The Hall–Kier alpha value is -3.55. The number of para-hydroxylation sites is 1. The number of benzene rings is 1. The van der Waals surface area contributed by atoms with Gasteiger partial charge >= 0.3 is 0 Å². The van der Waals surface area contributed by atoms with Crippen LogP contribution < -0.4 is 5.32 Å². The SMILES string of the molecule is Cn1nccc1-c1cncc(CNC(=O)Cn2nnc3ccccc32)c1. The zero-order chi connectivity index (χ0) is 17.9. The van der Waals surface area contributed by atoms with Crippen LogP contribution in [0, 0.1) is 0 Å². The summed E-state index contributed by atoms with van der Waals surface area (Å²) in [5, 5.41) is 15.2. The summed E-state index contributed by atoms with van der Waals surface area (Å²) >= 11 is 0. The van der Waals surface area contributed by atoms with Crippen molar-refractivity contribution < 1.29 is 4.79 Å². The maximum atomic E-state index is 12.3. The van der Waals surface area contributed by atoms with Gasteiger partial charge in [-0.1, -0.05) is 17.3 Å². The van der Waals surface area contributed by atoms with Gasteiger partial charge in [-0.25, -0.2) is 4.68 Å². The van der Waals surface area contributed by atoms with E-state index in [4.69, 9.17) is 0 Å². The molecule has 130 valence electrons. The van der Waals surface area contributed by atoms with E-state index in [1.54, 1.807) is 28.0 Å². The van der Waals surface area contributed by atoms with Gasteiger partial charge in [-0.05, 0) is 29.8 Å². The number of hydrogen-bond acceptors (Lipinski definition) is 5. The van der Waals surface area contributed by atoms with Crippen molar-refractivity contribution in [2.24, 2.45) is 7.05 Å². The number of hydrogen-bond donors (Lipinski definition) is 1. The number of aryl methyl sites for hydroxylation is 1. The minimum absolute atomic E-state index is 0.120. The van der Waals surface area contributed by atoms with Crippen LogP contribution in [0.15, 0.2) is 55.0 Å². The Balaban J connectivity index is 1.42. The third-order valence-electron chi connectivity index (χ3n) is 4.11. The van der Waals surface area contributed by atoms with E-state index in [0.717, 1.165) is 27.9 Å². The highest BCUT2D eigenvalue weighted by molar-refractivity contribution is 5.79. The highest BCUT2D eigenvalue weighted by Gasteiger charge is 2.09. The molecule has 0 unspecified atom stereocenters. The van der Waals surface area contributed by atoms with Crippen molar-refractivity contribution >= 4 is 16.9 Å². The van der Waals surface area contributed by atoms with E-state index < -0.39 is 0 Å². The van der Waals surface area contributed by atoms with E-state index in [1.165, 1.54) is 0 Å². The quantitative estimate of drug-likeness (QED) is 0.591. The summed E-state index contributed by atoms with van der Waals surface area (Å²) in [6, 6.07) is 11.5. The molecule has 26 heavy (non-hydrogen) atoms. The van der Waals surface area contributed by atoms with Crippen LogP contribution in [-0.4, -0.2) is 35.7 Å². The number of nitrogens with one attached hydrogen (secondary N) is 1. The monoisotopic (exact) mass is 347 g/mol. The number of amides is 1. The Morgan fingerprint density at radius 2 is 2.08 bits per heavy atom. The van der Waals surface area contributed by atoms with Gasteiger partial charge in [-0.15, -0.1) is 5.10 Å². The zero-order valence-electron chi connectivity index (χ0n) is 14.2. The number of rotatable bonds is 5. The van der Waals surface area contributed by atoms with E-state index in [1.807, 2.05) is 43.4 Å². The predicted molar refractivity (Wildman–Crippen MR) is 95.8 cm³/mol. The topological polar surface area (TPSA) is 90.5 Å². The molecule has 8 nitrogen and oxygen atoms in total. The standard InChI is InChI=1S/C18H17N7O/c1-24-16(6-7-21-24)14-8-13(9-19-11-14)10-20-18(26)12-25-17-5-3-2-4-15(17)22-23-25/h2-9,11H,10,12H2,1H3,(H,20,26). The van der Waals surface area contributed by atoms with Crippen LogP contribution in [0.25, 0.3) is 22.3 Å². The minimum Gasteiger partial charge on any atom is -0.350 e. The zero-order valence-corrected chi connectivity index (χ0v) is 14.2. The van der Waals surface area contributed by atoms with Crippen molar-refractivity contribution in [2.45, 2.75) is 13.1 Å². The van der Waals surface area contributed by atoms with Gasteiger partial charge in [0.2, 0.25) is 5.91 Å². The first-order valence-electron chi connectivity index (χ1n) is 8.18. The molecule has 4 rings (SSSR count). The van der Waals surface area contributed by atoms with Gasteiger partial charge in [0, 0.05) is 37.7 Å². The van der Waals surface area contributed by atoms with Crippen molar-refractivity contribution in [3.05, 3.63) is 60.6 Å². The highest BCUT2D eigenvalue weighted by Crippen LogP contribution is 2.18. The second kappa shape index (κ2) is 6.75. The van der Waals surface area contributed by atoms with Gasteiger partial charge < -0.3 is 5.32 Å². The number of carbonyl (C=O) groups excluding carboxylic acids is 1. The Morgan fingerprint density at radius 3 is 2.92 bits per heavy atom. The number of pyridine rings is 1. The summed E-state index contributed by atoms with van der Waals surface area (Å²) in [6.45, 7) is 0.513. The lowest BCUT2D eigenvalue weighted by Gasteiger charge is -2.08. The van der Waals surface area contributed by atoms with E-state index in [-0.39, 0.29) is 12.5 Å². The Bertz CT molecular complexity index is 1070. The molecule has 8 heteroatoms. The molecular weight excluding hydrogens is 330 g/mol. The average Bonchev–Trinajstić information content (AvgIpc) is 3.27. The van der Waals surface area contributed by atoms with Gasteiger partial charge in [0.1, 0.15) is 12.1 Å². The average molecular weight is 347 g/mol. The Labute approximate surface area is 149 Å². The molecule has 1 aromatic carbocycles. The van der Waals surface area contributed by atoms with E-state index in [2.05, 4.69) is 25.7 Å². The molecule has 3 heterocycles. The summed E-state index contributed by atoms with van der Waals surface area (Å²) in [5.74, 6) is -0.133. The molecular formula is C18H17N7O. The van der Waals surface area contributed by atoms with Crippen LogP contribution in [-0.2, 0) is 24.9 Å². The number of aromatic nitrogens is 6. The summed E-state index contributed by atoms with van der Waals surface area (Å²) in [5.41, 5.74) is 4.45. The van der Waals surface area contributed by atoms with Crippen molar-refractivity contribution in [2.75, 3.05) is 0 Å². The highest BCUT2D eigenvalue weighted by atomic mass is 16.2. The molecule has 0 radical (unpaired) electrons. The van der Waals surface area contributed by atoms with Crippen molar-refractivity contribution in [3.63, 3.8) is 0 Å². The lowest BCUT2D eigenvalue weighted by molar-refractivity contribution is -0.121. The first kappa shape index (κ1) is 15.9. The minimum atomic E-state index is -0.133. The van der Waals surface area contributed by atoms with E-state index >= 15 is 0 Å². The molecule has 0 saturated carbocycles. The van der Waals surface area contributed by atoms with Crippen LogP contribution in [0.2, 0.25) is 0 Å². The van der Waals surface area contributed by atoms with Crippen LogP contribution >= 0.6 is 0 Å². The number of nitrogens with zero attached hydrogens (tertiary/aromatic N) is 6. The van der Waals surface area contributed by atoms with Crippen LogP contribution in [0.5, 0.6) is 0 Å². The summed E-state index contributed by atoms with van der Waals surface area (Å²) < 4.78 is 3.38. The summed E-state index contributed by atoms with van der Waals surface area (Å²) in [4.78, 5) is 16.5. The molecule has 1 N–H and O–H groups in total. The van der Waals surface area contributed by atoms with Crippen molar-refractivity contribution in [3.8, 4) is 11.3 Å². The van der Waals surface area contributed by atoms with Gasteiger partial charge in [0.25, 0.3) is 0 Å². The first-order valence-corrected chi connectivity index (χ1v) is 8.18. The largest absolute Gasteiger partial charge is 0.350 e. The Kier molecular flexibility index (Phi) is 4.14. The van der Waals surface area contributed by atoms with Crippen LogP contribution in [0.4, 0.5) is 0 Å². The second-order valence-electron chi connectivity index (χ2n) is 5.93. The molecule has 4 aromatic rings. The summed E-state index contributed by atoms with van der Waals surface area (Å²) in [6.07, 6.45) is 5.26. The number of fused-ring (bicyclic) bond motifs is 1. The smallest absolute Gasteiger partial charge is 0.242 e. The van der Waals surface area contributed by atoms with Gasteiger partial charge in [-0.3, -0.25) is 14.5 Å².